The van der Waals surface area contributed by atoms with Crippen molar-refractivity contribution in [1.29, 1.82) is 0 Å². The Hall–Kier alpha value is -1.07. The molecule has 1 atom stereocenters. The van der Waals surface area contributed by atoms with Crippen molar-refractivity contribution >= 4 is 25.6 Å². The van der Waals surface area contributed by atoms with E-state index in [9.17, 15) is 13.2 Å². The van der Waals surface area contributed by atoms with Crippen molar-refractivity contribution < 1.29 is 13.2 Å². The number of halogens is 1. The fourth-order valence-electron chi connectivity index (χ4n) is 1.78. The monoisotopic (exact) mass is 259 g/mol. The number of rotatable bonds is 1. The van der Waals surface area contributed by atoms with Crippen molar-refractivity contribution in [2.24, 2.45) is 0 Å². The van der Waals surface area contributed by atoms with Crippen LogP contribution in [-0.2, 0) is 15.5 Å². The molecule has 1 aromatic carbocycles. The van der Waals surface area contributed by atoms with Crippen LogP contribution in [0.5, 0.6) is 0 Å². The molecule has 0 bridgehead atoms. The first-order valence-electron chi connectivity index (χ1n) is 4.76. The van der Waals surface area contributed by atoms with Crippen LogP contribution in [0.1, 0.15) is 22.8 Å². The standard InChI is InChI=1S/C10H10ClNO3S/c1-6-4-7-2-3-8(16(11,14)15)5-9(7)10(13)12-6/h2-3,5-6H,4H2,1H3,(H,12,13)/t6-/m0/s1. The lowest BCUT2D eigenvalue weighted by molar-refractivity contribution is 0.0929. The van der Waals surface area contributed by atoms with Crippen molar-refractivity contribution in [3.05, 3.63) is 29.3 Å². The summed E-state index contributed by atoms with van der Waals surface area (Å²) in [7, 11) is 1.44. The first kappa shape index (κ1) is 11.4. The molecule has 1 aromatic rings. The molecule has 1 N–H and O–H groups in total. The summed E-state index contributed by atoms with van der Waals surface area (Å²) in [6.45, 7) is 1.90. The van der Waals surface area contributed by atoms with E-state index in [1.54, 1.807) is 6.07 Å². The van der Waals surface area contributed by atoms with E-state index in [4.69, 9.17) is 10.7 Å². The van der Waals surface area contributed by atoms with Crippen LogP contribution in [0, 0.1) is 0 Å². The van der Waals surface area contributed by atoms with Crippen LogP contribution in [0.4, 0.5) is 0 Å². The molecule has 2 rings (SSSR count). The number of nitrogens with one attached hydrogen (secondary N) is 1. The highest BCUT2D eigenvalue weighted by atomic mass is 35.7. The number of carbonyl (C=O) groups is 1. The molecule has 1 heterocycles. The highest BCUT2D eigenvalue weighted by molar-refractivity contribution is 8.13. The molecule has 0 unspecified atom stereocenters. The molecule has 16 heavy (non-hydrogen) atoms. The van der Waals surface area contributed by atoms with Crippen LogP contribution in [-0.4, -0.2) is 20.4 Å². The maximum absolute atomic E-state index is 11.6. The van der Waals surface area contributed by atoms with Crippen LogP contribution in [0.3, 0.4) is 0 Å². The Labute approximate surface area is 98.0 Å². The summed E-state index contributed by atoms with van der Waals surface area (Å²) in [4.78, 5) is 11.6. The summed E-state index contributed by atoms with van der Waals surface area (Å²) in [6, 6.07) is 4.45. The predicted molar refractivity (Wildman–Crippen MR) is 60.1 cm³/mol. The zero-order valence-electron chi connectivity index (χ0n) is 8.53. The third-order valence-electron chi connectivity index (χ3n) is 2.51. The van der Waals surface area contributed by atoms with Crippen LogP contribution in [0.25, 0.3) is 0 Å². The van der Waals surface area contributed by atoms with Crippen LogP contribution in [0.15, 0.2) is 23.1 Å². The molecule has 0 fully saturated rings. The maximum Gasteiger partial charge on any atom is 0.261 e. The summed E-state index contributed by atoms with van der Waals surface area (Å²) in [5.41, 5.74) is 1.24. The molecule has 0 radical (unpaired) electrons. The molecule has 1 aliphatic heterocycles. The molecule has 0 spiro atoms. The third kappa shape index (κ3) is 2.05. The Morgan fingerprint density at radius 1 is 1.44 bits per heavy atom. The van der Waals surface area contributed by atoms with E-state index in [0.29, 0.717) is 12.0 Å². The van der Waals surface area contributed by atoms with Gasteiger partial charge in [0.2, 0.25) is 0 Å². The van der Waals surface area contributed by atoms with Crippen molar-refractivity contribution in [2.45, 2.75) is 24.3 Å². The van der Waals surface area contributed by atoms with Crippen LogP contribution < -0.4 is 5.32 Å². The Balaban J connectivity index is 2.55. The first-order chi connectivity index (χ1) is 7.38. The molecule has 0 aromatic heterocycles. The SMILES string of the molecule is C[C@H]1Cc2ccc(S(=O)(=O)Cl)cc2C(=O)N1. The summed E-state index contributed by atoms with van der Waals surface area (Å²) >= 11 is 0. The second-order valence-corrected chi connectivity index (χ2v) is 6.40. The van der Waals surface area contributed by atoms with Gasteiger partial charge in [-0.25, -0.2) is 8.42 Å². The van der Waals surface area contributed by atoms with Crippen LogP contribution >= 0.6 is 10.7 Å². The van der Waals surface area contributed by atoms with E-state index in [1.807, 2.05) is 6.92 Å². The highest BCUT2D eigenvalue weighted by Crippen LogP contribution is 2.22. The second kappa shape index (κ2) is 3.75. The zero-order chi connectivity index (χ0) is 11.9. The van der Waals surface area contributed by atoms with Crippen molar-refractivity contribution in [3.8, 4) is 0 Å². The van der Waals surface area contributed by atoms with Gasteiger partial charge in [0.25, 0.3) is 15.0 Å². The van der Waals surface area contributed by atoms with Gasteiger partial charge in [0.1, 0.15) is 0 Å². The van der Waals surface area contributed by atoms with Gasteiger partial charge in [0.05, 0.1) is 4.90 Å². The first-order valence-corrected chi connectivity index (χ1v) is 7.07. The second-order valence-electron chi connectivity index (χ2n) is 3.84. The van der Waals surface area contributed by atoms with E-state index in [-0.39, 0.29) is 16.8 Å². The molecule has 0 aliphatic carbocycles. The Bertz CT molecular complexity index is 553. The highest BCUT2D eigenvalue weighted by Gasteiger charge is 2.23. The summed E-state index contributed by atoms with van der Waals surface area (Å²) in [5.74, 6) is -0.254. The minimum absolute atomic E-state index is 0.0439. The lowest BCUT2D eigenvalue weighted by Gasteiger charge is -2.22. The number of hydrogen-bond donors (Lipinski definition) is 1. The van der Waals surface area contributed by atoms with Crippen molar-refractivity contribution in [1.82, 2.24) is 5.32 Å². The van der Waals surface area contributed by atoms with Gasteiger partial charge in [-0.2, -0.15) is 0 Å². The van der Waals surface area contributed by atoms with Crippen molar-refractivity contribution in [2.75, 3.05) is 0 Å². The number of benzene rings is 1. The van der Waals surface area contributed by atoms with Crippen molar-refractivity contribution in [3.63, 3.8) is 0 Å². The lowest BCUT2D eigenvalue weighted by Crippen LogP contribution is -2.39. The summed E-state index contributed by atoms with van der Waals surface area (Å²) in [6.07, 6.45) is 0.698. The average Bonchev–Trinajstić information content (AvgIpc) is 2.15. The predicted octanol–water partition coefficient (Wildman–Crippen LogP) is 1.29. The lowest BCUT2D eigenvalue weighted by atomic mass is 9.96. The van der Waals surface area contributed by atoms with Gasteiger partial charge < -0.3 is 5.32 Å². The number of amides is 1. The summed E-state index contributed by atoms with van der Waals surface area (Å²) < 4.78 is 22.2. The minimum Gasteiger partial charge on any atom is -0.349 e. The topological polar surface area (TPSA) is 63.2 Å². The van der Waals surface area contributed by atoms with Gasteiger partial charge in [0.15, 0.2) is 0 Å². The van der Waals surface area contributed by atoms with Gasteiger partial charge in [-0.1, -0.05) is 6.07 Å². The smallest absolute Gasteiger partial charge is 0.261 e. The Kier molecular flexibility index (Phi) is 2.67. The van der Waals surface area contributed by atoms with Gasteiger partial charge >= 0.3 is 0 Å². The largest absolute Gasteiger partial charge is 0.349 e. The Morgan fingerprint density at radius 2 is 2.12 bits per heavy atom. The minimum atomic E-state index is -3.78. The molecule has 1 aliphatic rings. The van der Waals surface area contributed by atoms with Gasteiger partial charge in [-0.05, 0) is 31.0 Å². The molecule has 6 heteroatoms. The van der Waals surface area contributed by atoms with Gasteiger partial charge in [-0.3, -0.25) is 4.79 Å². The molecular formula is C10H10ClNO3S. The van der Waals surface area contributed by atoms with E-state index in [1.165, 1.54) is 12.1 Å². The van der Waals surface area contributed by atoms with E-state index in [0.717, 1.165) is 5.56 Å². The van der Waals surface area contributed by atoms with E-state index >= 15 is 0 Å². The molecule has 0 saturated carbocycles. The summed E-state index contributed by atoms with van der Waals surface area (Å²) in [5, 5.41) is 2.74. The van der Waals surface area contributed by atoms with E-state index in [2.05, 4.69) is 5.32 Å². The van der Waals surface area contributed by atoms with Crippen LogP contribution in [0.2, 0.25) is 0 Å². The van der Waals surface area contributed by atoms with E-state index < -0.39 is 9.05 Å². The number of fused-ring (bicyclic) bond motifs is 1. The molecule has 4 nitrogen and oxygen atoms in total. The van der Waals surface area contributed by atoms with Gasteiger partial charge in [-0.15, -0.1) is 0 Å². The molecular weight excluding hydrogens is 250 g/mol. The quantitative estimate of drug-likeness (QED) is 0.773. The normalized spacial score (nSPS) is 20.1. The third-order valence-corrected chi connectivity index (χ3v) is 3.86. The maximum atomic E-state index is 11.6. The fraction of sp³-hybridized carbons (Fsp3) is 0.300. The molecule has 1 amide bonds. The number of hydrogen-bond acceptors (Lipinski definition) is 3. The Morgan fingerprint density at radius 3 is 2.75 bits per heavy atom. The molecule has 0 saturated heterocycles. The fourth-order valence-corrected chi connectivity index (χ4v) is 2.56. The average molecular weight is 260 g/mol. The zero-order valence-corrected chi connectivity index (χ0v) is 10.1. The molecule has 86 valence electrons. The van der Waals surface area contributed by atoms with Gasteiger partial charge in [0, 0.05) is 22.3 Å². The number of carbonyl (C=O) groups excluding carboxylic acids is 1.